The van der Waals surface area contributed by atoms with Crippen molar-refractivity contribution in [1.82, 2.24) is 15.1 Å². The number of rotatable bonds is 3. The first-order chi connectivity index (χ1) is 13.2. The monoisotopic (exact) mass is 370 g/mol. The van der Waals surface area contributed by atoms with Crippen LogP contribution < -0.4 is 5.32 Å². The van der Waals surface area contributed by atoms with Gasteiger partial charge in [0.2, 0.25) is 0 Å². The van der Waals surface area contributed by atoms with Crippen molar-refractivity contribution in [2.24, 2.45) is 10.9 Å². The Bertz CT molecular complexity index is 634. The molecule has 1 N–H and O–H groups in total. The predicted molar refractivity (Wildman–Crippen MR) is 110 cm³/mol. The fourth-order valence-corrected chi connectivity index (χ4v) is 5.08. The Labute approximate surface area is 163 Å². The second kappa shape index (κ2) is 8.61. The van der Waals surface area contributed by atoms with Crippen molar-refractivity contribution in [3.8, 4) is 0 Å². The van der Waals surface area contributed by atoms with Crippen molar-refractivity contribution in [1.29, 1.82) is 0 Å². The van der Waals surface area contributed by atoms with Gasteiger partial charge in [-0.15, -0.1) is 0 Å². The van der Waals surface area contributed by atoms with Crippen LogP contribution in [0.15, 0.2) is 35.3 Å². The van der Waals surface area contributed by atoms with Crippen molar-refractivity contribution < 1.29 is 4.74 Å². The van der Waals surface area contributed by atoms with Crippen LogP contribution in [0.5, 0.6) is 0 Å². The molecule has 0 amide bonds. The lowest BCUT2D eigenvalue weighted by atomic mass is 9.82. The highest BCUT2D eigenvalue weighted by Crippen LogP contribution is 2.32. The van der Waals surface area contributed by atoms with Gasteiger partial charge in [0.1, 0.15) is 0 Å². The maximum atomic E-state index is 6.09. The van der Waals surface area contributed by atoms with Gasteiger partial charge in [0.15, 0.2) is 5.96 Å². The number of hydrogen-bond donors (Lipinski definition) is 1. The van der Waals surface area contributed by atoms with E-state index in [1.165, 1.54) is 31.4 Å². The molecular weight excluding hydrogens is 336 g/mol. The third kappa shape index (κ3) is 4.30. The van der Waals surface area contributed by atoms with Gasteiger partial charge in [0.25, 0.3) is 0 Å². The molecule has 0 bridgehead atoms. The highest BCUT2D eigenvalue weighted by molar-refractivity contribution is 5.80. The molecule has 0 aliphatic carbocycles. The molecule has 5 nitrogen and oxygen atoms in total. The van der Waals surface area contributed by atoms with Crippen molar-refractivity contribution in [2.45, 2.75) is 44.2 Å². The molecule has 0 aromatic heterocycles. The number of nitrogens with zero attached hydrogens (tertiary/aromatic N) is 3. The first kappa shape index (κ1) is 18.8. The van der Waals surface area contributed by atoms with Crippen molar-refractivity contribution in [2.75, 3.05) is 46.4 Å². The second-order valence-corrected chi connectivity index (χ2v) is 8.40. The molecule has 4 rings (SSSR count). The van der Waals surface area contributed by atoms with E-state index in [0.29, 0.717) is 17.9 Å². The molecule has 3 saturated heterocycles. The van der Waals surface area contributed by atoms with Crippen LogP contribution in [0.2, 0.25) is 0 Å². The fraction of sp³-hybridized carbons (Fsp3) is 0.682. The Hall–Kier alpha value is -1.59. The lowest BCUT2D eigenvalue weighted by Crippen LogP contribution is -2.53. The number of morpholine rings is 1. The molecule has 0 saturated carbocycles. The van der Waals surface area contributed by atoms with Crippen LogP contribution in [0.3, 0.4) is 0 Å². The molecule has 4 atom stereocenters. The molecule has 0 radical (unpaired) electrons. The van der Waals surface area contributed by atoms with E-state index in [1.54, 1.807) is 0 Å². The number of hydrogen-bond acceptors (Lipinski definition) is 3. The number of fused-ring (bicyclic) bond motifs is 1. The average molecular weight is 371 g/mol. The minimum Gasteiger partial charge on any atom is -0.373 e. The Kier molecular flexibility index (Phi) is 5.98. The molecular formula is C22H34N4O. The zero-order valence-corrected chi connectivity index (χ0v) is 16.8. The zero-order chi connectivity index (χ0) is 18.6. The molecule has 1 aromatic rings. The third-order valence-electron chi connectivity index (χ3n) is 6.59. The van der Waals surface area contributed by atoms with Gasteiger partial charge in [-0.25, -0.2) is 0 Å². The van der Waals surface area contributed by atoms with Crippen LogP contribution in [-0.4, -0.2) is 74.3 Å². The Balaban J connectivity index is 1.29. The summed E-state index contributed by atoms with van der Waals surface area (Å²) in [7, 11) is 1.90. The van der Waals surface area contributed by atoms with Gasteiger partial charge >= 0.3 is 0 Å². The molecule has 3 fully saturated rings. The molecule has 1 aromatic carbocycles. The smallest absolute Gasteiger partial charge is 0.193 e. The molecule has 0 spiro atoms. The van der Waals surface area contributed by atoms with Crippen molar-refractivity contribution in [3.63, 3.8) is 0 Å². The third-order valence-corrected chi connectivity index (χ3v) is 6.59. The number of piperidine rings is 1. The Morgan fingerprint density at radius 1 is 1.19 bits per heavy atom. The molecule has 5 heteroatoms. The number of likely N-dealkylation sites (tertiary alicyclic amines) is 1. The topological polar surface area (TPSA) is 40.1 Å². The fourth-order valence-electron chi connectivity index (χ4n) is 5.08. The summed E-state index contributed by atoms with van der Waals surface area (Å²) in [5, 5.41) is 3.59. The van der Waals surface area contributed by atoms with E-state index in [2.05, 4.69) is 57.4 Å². The summed E-state index contributed by atoms with van der Waals surface area (Å²) in [5.41, 5.74) is 1.48. The van der Waals surface area contributed by atoms with Crippen LogP contribution >= 0.6 is 0 Å². The summed E-state index contributed by atoms with van der Waals surface area (Å²) in [6.45, 7) is 8.52. The van der Waals surface area contributed by atoms with Gasteiger partial charge in [-0.2, -0.15) is 0 Å². The van der Waals surface area contributed by atoms with Crippen LogP contribution in [0.25, 0.3) is 0 Å². The highest BCUT2D eigenvalue weighted by Gasteiger charge is 2.33. The van der Waals surface area contributed by atoms with E-state index >= 15 is 0 Å². The van der Waals surface area contributed by atoms with E-state index in [1.807, 2.05) is 7.05 Å². The molecule has 3 heterocycles. The first-order valence-electron chi connectivity index (χ1n) is 10.6. The first-order valence-corrected chi connectivity index (χ1v) is 10.6. The SMILES string of the molecule is CN=C(NCC1CN2CCCC2CO1)N1CCC(c2ccccc2)C(C)C1. The number of ether oxygens (including phenoxy) is 1. The molecule has 27 heavy (non-hydrogen) atoms. The second-order valence-electron chi connectivity index (χ2n) is 8.40. The van der Waals surface area contributed by atoms with Crippen LogP contribution in [0, 0.1) is 5.92 Å². The summed E-state index contributed by atoms with van der Waals surface area (Å²) in [6, 6.07) is 11.6. The molecule has 3 aliphatic heterocycles. The molecule has 4 unspecified atom stereocenters. The predicted octanol–water partition coefficient (Wildman–Crippen LogP) is 2.55. The Morgan fingerprint density at radius 2 is 2.04 bits per heavy atom. The van der Waals surface area contributed by atoms with E-state index in [0.717, 1.165) is 38.7 Å². The number of aliphatic imine (C=N–C) groups is 1. The normalized spacial score (nSPS) is 32.4. The highest BCUT2D eigenvalue weighted by atomic mass is 16.5. The van der Waals surface area contributed by atoms with Gasteiger partial charge < -0.3 is 15.0 Å². The van der Waals surface area contributed by atoms with E-state index in [-0.39, 0.29) is 6.10 Å². The summed E-state index contributed by atoms with van der Waals surface area (Å²) in [6.07, 6.45) is 4.08. The lowest BCUT2D eigenvalue weighted by molar-refractivity contribution is -0.0455. The standard InChI is InChI=1S/C22H34N4O/c1-17-14-26(12-10-21(17)18-7-4-3-5-8-18)22(23-2)24-13-20-15-25-11-6-9-19(25)16-27-20/h3-5,7-8,17,19-21H,6,9-16H2,1-2H3,(H,23,24). The summed E-state index contributed by atoms with van der Waals surface area (Å²) >= 11 is 0. The van der Waals surface area contributed by atoms with Crippen LogP contribution in [0.4, 0.5) is 0 Å². The summed E-state index contributed by atoms with van der Waals surface area (Å²) in [4.78, 5) is 9.58. The number of guanidine groups is 1. The molecule has 3 aliphatic rings. The van der Waals surface area contributed by atoms with Crippen LogP contribution in [0.1, 0.15) is 37.7 Å². The minimum atomic E-state index is 0.274. The van der Waals surface area contributed by atoms with E-state index < -0.39 is 0 Å². The maximum absolute atomic E-state index is 6.09. The van der Waals surface area contributed by atoms with Gasteiger partial charge in [-0.05, 0) is 43.2 Å². The minimum absolute atomic E-state index is 0.274. The number of benzene rings is 1. The van der Waals surface area contributed by atoms with Gasteiger partial charge in [-0.1, -0.05) is 37.3 Å². The van der Waals surface area contributed by atoms with E-state index in [4.69, 9.17) is 4.74 Å². The van der Waals surface area contributed by atoms with E-state index in [9.17, 15) is 0 Å². The maximum Gasteiger partial charge on any atom is 0.193 e. The summed E-state index contributed by atoms with van der Waals surface area (Å²) < 4.78 is 6.09. The van der Waals surface area contributed by atoms with Crippen molar-refractivity contribution >= 4 is 5.96 Å². The van der Waals surface area contributed by atoms with Crippen LogP contribution in [-0.2, 0) is 4.74 Å². The zero-order valence-electron chi connectivity index (χ0n) is 16.8. The number of nitrogens with one attached hydrogen (secondary N) is 1. The quantitative estimate of drug-likeness (QED) is 0.656. The largest absolute Gasteiger partial charge is 0.373 e. The summed E-state index contributed by atoms with van der Waals surface area (Å²) in [5.74, 6) is 2.30. The van der Waals surface area contributed by atoms with Crippen molar-refractivity contribution in [3.05, 3.63) is 35.9 Å². The lowest BCUT2D eigenvalue weighted by Gasteiger charge is -2.40. The van der Waals surface area contributed by atoms with Gasteiger partial charge in [0.05, 0.1) is 12.7 Å². The van der Waals surface area contributed by atoms with Gasteiger partial charge in [0, 0.05) is 39.3 Å². The Morgan fingerprint density at radius 3 is 2.81 bits per heavy atom. The molecule has 148 valence electrons. The van der Waals surface area contributed by atoms with Gasteiger partial charge in [-0.3, -0.25) is 9.89 Å². The average Bonchev–Trinajstić information content (AvgIpc) is 3.17.